The number of rotatable bonds is 6. The third-order valence-electron chi connectivity index (χ3n) is 2.51. The van der Waals surface area contributed by atoms with Gasteiger partial charge in [-0.15, -0.1) is 12.3 Å². The lowest BCUT2D eigenvalue weighted by molar-refractivity contribution is -0.139. The van der Waals surface area contributed by atoms with Gasteiger partial charge in [-0.2, -0.15) is 0 Å². The highest BCUT2D eigenvalue weighted by atomic mass is 16.4. The largest absolute Gasteiger partial charge is 0.480 e. The highest BCUT2D eigenvalue weighted by Crippen LogP contribution is 2.26. The Hall–Kier alpha value is -1.74. The smallest absolute Gasteiger partial charge is 0.327 e. The standard InChI is InChI=1S/C11H16N2O4/c1-2-3-9(10(15)16)12-11(17)13(6-7-14)8-4-5-8/h1,8-9,14H,3-7H2,(H,12,17)(H,15,16). The van der Waals surface area contributed by atoms with Crippen molar-refractivity contribution in [2.45, 2.75) is 31.3 Å². The van der Waals surface area contributed by atoms with Gasteiger partial charge in [-0.3, -0.25) is 0 Å². The molecule has 0 bridgehead atoms. The second-order valence-electron chi connectivity index (χ2n) is 3.90. The van der Waals surface area contributed by atoms with Gasteiger partial charge in [0, 0.05) is 19.0 Å². The number of aliphatic hydroxyl groups is 1. The molecule has 0 spiro atoms. The van der Waals surface area contributed by atoms with E-state index in [-0.39, 0.29) is 25.6 Å². The van der Waals surface area contributed by atoms with Crippen molar-refractivity contribution >= 4 is 12.0 Å². The fourth-order valence-electron chi connectivity index (χ4n) is 1.49. The first kappa shape index (κ1) is 13.3. The number of hydrogen-bond acceptors (Lipinski definition) is 3. The van der Waals surface area contributed by atoms with Crippen molar-refractivity contribution in [1.29, 1.82) is 0 Å². The molecule has 1 saturated carbocycles. The summed E-state index contributed by atoms with van der Waals surface area (Å²) in [5.74, 6) is 1.05. The Morgan fingerprint density at radius 3 is 2.59 bits per heavy atom. The SMILES string of the molecule is C#CCC(NC(=O)N(CCO)C1CC1)C(=O)O. The van der Waals surface area contributed by atoms with Crippen molar-refractivity contribution in [3.8, 4) is 12.3 Å². The molecule has 6 heteroatoms. The van der Waals surface area contributed by atoms with Crippen LogP contribution in [0.4, 0.5) is 4.79 Å². The van der Waals surface area contributed by atoms with E-state index in [1.807, 2.05) is 0 Å². The van der Waals surface area contributed by atoms with E-state index >= 15 is 0 Å². The van der Waals surface area contributed by atoms with Crippen LogP contribution in [0.1, 0.15) is 19.3 Å². The van der Waals surface area contributed by atoms with Crippen molar-refractivity contribution in [2.24, 2.45) is 0 Å². The Morgan fingerprint density at radius 1 is 1.53 bits per heavy atom. The molecule has 0 radical (unpaired) electrons. The molecule has 0 aromatic heterocycles. The lowest BCUT2D eigenvalue weighted by Gasteiger charge is -2.23. The summed E-state index contributed by atoms with van der Waals surface area (Å²) >= 11 is 0. The van der Waals surface area contributed by atoms with E-state index in [2.05, 4.69) is 11.2 Å². The third-order valence-corrected chi connectivity index (χ3v) is 2.51. The van der Waals surface area contributed by atoms with Crippen LogP contribution in [0.5, 0.6) is 0 Å². The van der Waals surface area contributed by atoms with Gasteiger partial charge in [-0.1, -0.05) is 0 Å². The Kier molecular flexibility index (Phi) is 4.79. The second kappa shape index (κ2) is 6.11. The minimum atomic E-state index is -1.16. The lowest BCUT2D eigenvalue weighted by atomic mass is 10.2. The Bertz CT molecular complexity index is 333. The number of nitrogens with zero attached hydrogens (tertiary/aromatic N) is 1. The van der Waals surface area contributed by atoms with E-state index in [1.54, 1.807) is 0 Å². The Labute approximate surface area is 99.6 Å². The lowest BCUT2D eigenvalue weighted by Crippen LogP contribution is -2.49. The number of nitrogens with one attached hydrogen (secondary N) is 1. The average Bonchev–Trinajstić information content (AvgIpc) is 3.08. The predicted octanol–water partition coefficient (Wildman–Crippen LogP) is -0.371. The average molecular weight is 240 g/mol. The number of carboxylic acid groups (broad SMARTS) is 1. The molecule has 0 aliphatic heterocycles. The first-order chi connectivity index (χ1) is 8.10. The first-order valence-electron chi connectivity index (χ1n) is 5.44. The maximum atomic E-state index is 11.8. The summed E-state index contributed by atoms with van der Waals surface area (Å²) in [6, 6.07) is -1.45. The molecule has 1 aliphatic rings. The molecule has 1 fully saturated rings. The van der Waals surface area contributed by atoms with Crippen molar-refractivity contribution in [3.63, 3.8) is 0 Å². The monoisotopic (exact) mass is 240 g/mol. The number of carbonyl (C=O) groups excluding carboxylic acids is 1. The van der Waals surface area contributed by atoms with Crippen LogP contribution in [0.3, 0.4) is 0 Å². The predicted molar refractivity (Wildman–Crippen MR) is 60.2 cm³/mol. The van der Waals surface area contributed by atoms with E-state index in [9.17, 15) is 9.59 Å². The summed E-state index contributed by atoms with van der Waals surface area (Å²) in [6.45, 7) is 0.0652. The highest BCUT2D eigenvalue weighted by molar-refractivity contribution is 5.83. The molecular formula is C11H16N2O4. The Morgan fingerprint density at radius 2 is 2.18 bits per heavy atom. The summed E-state index contributed by atoms with van der Waals surface area (Å²) in [6.07, 6.45) is 6.75. The van der Waals surface area contributed by atoms with Gasteiger partial charge in [-0.25, -0.2) is 9.59 Å². The number of amides is 2. The minimum absolute atomic E-state index is 0.0568. The van der Waals surface area contributed by atoms with Gasteiger partial charge in [0.25, 0.3) is 0 Å². The topological polar surface area (TPSA) is 89.9 Å². The molecular weight excluding hydrogens is 224 g/mol. The van der Waals surface area contributed by atoms with E-state index in [0.717, 1.165) is 12.8 Å². The molecule has 1 aliphatic carbocycles. The molecule has 94 valence electrons. The van der Waals surface area contributed by atoms with Crippen LogP contribution < -0.4 is 5.32 Å². The molecule has 0 saturated heterocycles. The van der Waals surface area contributed by atoms with Crippen molar-refractivity contribution in [1.82, 2.24) is 10.2 Å². The molecule has 1 unspecified atom stereocenters. The summed E-state index contributed by atoms with van der Waals surface area (Å²) in [5.41, 5.74) is 0. The molecule has 0 aromatic rings. The van der Waals surface area contributed by atoms with Crippen molar-refractivity contribution in [2.75, 3.05) is 13.2 Å². The van der Waals surface area contributed by atoms with Crippen LogP contribution in [0.2, 0.25) is 0 Å². The summed E-state index contributed by atoms with van der Waals surface area (Å²) < 4.78 is 0. The number of terminal acetylenes is 1. The van der Waals surface area contributed by atoms with Crippen LogP contribution in [-0.2, 0) is 4.79 Å². The first-order valence-corrected chi connectivity index (χ1v) is 5.44. The molecule has 6 nitrogen and oxygen atoms in total. The van der Waals surface area contributed by atoms with Gasteiger partial charge in [0.1, 0.15) is 6.04 Å². The fraction of sp³-hybridized carbons (Fsp3) is 0.636. The van der Waals surface area contributed by atoms with Gasteiger partial charge in [0.15, 0.2) is 0 Å². The zero-order valence-electron chi connectivity index (χ0n) is 9.43. The number of urea groups is 1. The van der Waals surface area contributed by atoms with Crippen LogP contribution in [-0.4, -0.2) is 52.3 Å². The number of carboxylic acids is 1. The normalized spacial score (nSPS) is 15.8. The van der Waals surface area contributed by atoms with Crippen LogP contribution in [0, 0.1) is 12.3 Å². The van der Waals surface area contributed by atoms with Crippen molar-refractivity contribution < 1.29 is 19.8 Å². The molecule has 17 heavy (non-hydrogen) atoms. The van der Waals surface area contributed by atoms with Crippen LogP contribution >= 0.6 is 0 Å². The van der Waals surface area contributed by atoms with E-state index in [1.165, 1.54) is 4.90 Å². The Balaban J connectivity index is 2.55. The van der Waals surface area contributed by atoms with Crippen molar-refractivity contribution in [3.05, 3.63) is 0 Å². The number of aliphatic hydroxyl groups excluding tert-OH is 1. The van der Waals surface area contributed by atoms with Gasteiger partial charge < -0.3 is 20.4 Å². The summed E-state index contributed by atoms with van der Waals surface area (Å²) in [4.78, 5) is 24.0. The van der Waals surface area contributed by atoms with Crippen LogP contribution in [0.15, 0.2) is 0 Å². The molecule has 1 atom stereocenters. The minimum Gasteiger partial charge on any atom is -0.480 e. The fourth-order valence-corrected chi connectivity index (χ4v) is 1.49. The molecule has 2 amide bonds. The van der Waals surface area contributed by atoms with E-state index in [4.69, 9.17) is 16.6 Å². The highest BCUT2D eigenvalue weighted by Gasteiger charge is 2.33. The van der Waals surface area contributed by atoms with Gasteiger partial charge in [-0.05, 0) is 12.8 Å². The quantitative estimate of drug-likeness (QED) is 0.552. The zero-order valence-corrected chi connectivity index (χ0v) is 9.43. The molecule has 0 heterocycles. The van der Waals surface area contributed by atoms with E-state index in [0.29, 0.717) is 0 Å². The zero-order chi connectivity index (χ0) is 12.8. The maximum Gasteiger partial charge on any atom is 0.327 e. The van der Waals surface area contributed by atoms with Gasteiger partial charge in [0.05, 0.1) is 6.61 Å². The summed E-state index contributed by atoms with van der Waals surface area (Å²) in [5, 5.41) is 20.0. The number of hydrogen-bond donors (Lipinski definition) is 3. The number of carbonyl (C=O) groups is 2. The molecule has 0 aromatic carbocycles. The number of aliphatic carboxylic acids is 1. The van der Waals surface area contributed by atoms with Crippen LogP contribution in [0.25, 0.3) is 0 Å². The maximum absolute atomic E-state index is 11.8. The molecule has 1 rings (SSSR count). The molecule has 3 N–H and O–H groups in total. The third kappa shape index (κ3) is 3.96. The summed E-state index contributed by atoms with van der Waals surface area (Å²) in [7, 11) is 0. The van der Waals surface area contributed by atoms with Gasteiger partial charge in [0.2, 0.25) is 0 Å². The van der Waals surface area contributed by atoms with Gasteiger partial charge >= 0.3 is 12.0 Å². The van der Waals surface area contributed by atoms with E-state index < -0.39 is 18.0 Å². The second-order valence-corrected chi connectivity index (χ2v) is 3.90.